The van der Waals surface area contributed by atoms with Crippen LogP contribution in [0, 0.1) is 0 Å². The van der Waals surface area contributed by atoms with Crippen molar-refractivity contribution in [1.29, 1.82) is 0 Å². The molecular weight excluding hydrogens is 388 g/mol. The third-order valence-electron chi connectivity index (χ3n) is 5.92. The molecule has 1 aliphatic rings. The topological polar surface area (TPSA) is 78.6 Å². The molecule has 31 heavy (non-hydrogen) atoms. The van der Waals surface area contributed by atoms with Gasteiger partial charge in [0.25, 0.3) is 0 Å². The van der Waals surface area contributed by atoms with Crippen LogP contribution in [0.15, 0.2) is 33.9 Å². The number of aliphatic imine (C=N–C) groups is 1. The summed E-state index contributed by atoms with van der Waals surface area (Å²) in [6, 6.07) is 6.29. The van der Waals surface area contributed by atoms with Gasteiger partial charge in [-0.2, -0.15) is 0 Å². The molecule has 1 fully saturated rings. The monoisotopic (exact) mass is 426 g/mol. The molecule has 7 heteroatoms. The number of nitrogens with zero attached hydrogens (tertiary/aromatic N) is 4. The van der Waals surface area contributed by atoms with Crippen LogP contribution < -0.4 is 15.5 Å². The average molecular weight is 427 g/mol. The summed E-state index contributed by atoms with van der Waals surface area (Å²) in [6.07, 6.45) is 9.19. The third-order valence-corrected chi connectivity index (χ3v) is 5.92. The first-order valence-corrected chi connectivity index (χ1v) is 11.9. The molecule has 0 atom stereocenters. The van der Waals surface area contributed by atoms with E-state index >= 15 is 0 Å². The van der Waals surface area contributed by atoms with Crippen LogP contribution in [-0.4, -0.2) is 35.7 Å². The van der Waals surface area contributed by atoms with Crippen LogP contribution in [-0.2, 0) is 13.1 Å². The van der Waals surface area contributed by atoms with Gasteiger partial charge in [0.15, 0.2) is 11.7 Å². The number of aromatic nitrogens is 2. The number of nitrogens with one attached hydrogen (secondary N) is 2. The number of rotatable bonds is 9. The van der Waals surface area contributed by atoms with Crippen molar-refractivity contribution in [2.75, 3.05) is 24.5 Å². The van der Waals surface area contributed by atoms with Gasteiger partial charge in [-0.3, -0.25) is 0 Å². The maximum atomic E-state index is 5.52. The summed E-state index contributed by atoms with van der Waals surface area (Å²) < 4.78 is 5.52. The van der Waals surface area contributed by atoms with Gasteiger partial charge < -0.3 is 20.1 Å². The number of pyridine rings is 1. The molecule has 0 saturated carbocycles. The molecule has 1 saturated heterocycles. The van der Waals surface area contributed by atoms with Crippen molar-refractivity contribution in [3.8, 4) is 0 Å². The fourth-order valence-corrected chi connectivity index (χ4v) is 4.03. The van der Waals surface area contributed by atoms with Crippen molar-refractivity contribution in [1.82, 2.24) is 20.8 Å². The van der Waals surface area contributed by atoms with Gasteiger partial charge in [-0.25, -0.2) is 9.98 Å². The van der Waals surface area contributed by atoms with Crippen molar-refractivity contribution in [2.45, 2.75) is 78.3 Å². The summed E-state index contributed by atoms with van der Waals surface area (Å²) in [7, 11) is 0. The molecule has 170 valence electrons. The standard InChI is InChI=1S/C24H38N6O/c1-4-20(5-2)22-16-21(31-29-22)18-28-24(25-6-3)27-17-19-11-12-26-23(15-19)30-13-9-7-8-10-14-30/h11-12,15-16,20H,4-10,13-14,17-18H2,1-3H3,(H2,25,27,28). The van der Waals surface area contributed by atoms with Gasteiger partial charge in [-0.1, -0.05) is 31.8 Å². The maximum absolute atomic E-state index is 5.52. The Morgan fingerprint density at radius 2 is 1.87 bits per heavy atom. The quantitative estimate of drug-likeness (QED) is 0.450. The summed E-state index contributed by atoms with van der Waals surface area (Å²) in [5, 5.41) is 10.9. The van der Waals surface area contributed by atoms with Gasteiger partial charge in [0.2, 0.25) is 0 Å². The van der Waals surface area contributed by atoms with Crippen LogP contribution in [0.3, 0.4) is 0 Å². The van der Waals surface area contributed by atoms with Crippen molar-refractivity contribution in [3.05, 3.63) is 41.4 Å². The predicted octanol–water partition coefficient (Wildman–Crippen LogP) is 4.61. The maximum Gasteiger partial charge on any atom is 0.191 e. The van der Waals surface area contributed by atoms with Crippen molar-refractivity contribution in [3.63, 3.8) is 0 Å². The van der Waals surface area contributed by atoms with E-state index in [9.17, 15) is 0 Å². The Bertz CT molecular complexity index is 806. The number of anilines is 1. The van der Waals surface area contributed by atoms with Gasteiger partial charge in [0.05, 0.1) is 18.8 Å². The van der Waals surface area contributed by atoms with E-state index in [2.05, 4.69) is 58.6 Å². The summed E-state index contributed by atoms with van der Waals surface area (Å²) in [6.45, 7) is 10.6. The van der Waals surface area contributed by atoms with Gasteiger partial charge >= 0.3 is 0 Å². The van der Waals surface area contributed by atoms with Gasteiger partial charge in [-0.05, 0) is 50.3 Å². The largest absolute Gasteiger partial charge is 0.359 e. The van der Waals surface area contributed by atoms with Crippen molar-refractivity contribution < 1.29 is 4.52 Å². The Morgan fingerprint density at radius 1 is 1.10 bits per heavy atom. The van der Waals surface area contributed by atoms with E-state index in [1.807, 2.05) is 12.3 Å². The molecule has 0 aromatic carbocycles. The van der Waals surface area contributed by atoms with Crippen LogP contribution >= 0.6 is 0 Å². The highest BCUT2D eigenvalue weighted by atomic mass is 16.5. The van der Waals surface area contributed by atoms with E-state index in [4.69, 9.17) is 9.52 Å². The zero-order valence-electron chi connectivity index (χ0n) is 19.4. The molecule has 0 radical (unpaired) electrons. The fourth-order valence-electron chi connectivity index (χ4n) is 4.03. The van der Waals surface area contributed by atoms with E-state index in [0.29, 0.717) is 19.0 Å². The first kappa shape index (κ1) is 23.1. The summed E-state index contributed by atoms with van der Waals surface area (Å²) >= 11 is 0. The molecule has 3 rings (SSSR count). The zero-order valence-corrected chi connectivity index (χ0v) is 19.4. The Morgan fingerprint density at radius 3 is 2.58 bits per heavy atom. The molecule has 3 heterocycles. The molecule has 0 bridgehead atoms. The second-order valence-electron chi connectivity index (χ2n) is 8.20. The number of hydrogen-bond donors (Lipinski definition) is 2. The van der Waals surface area contributed by atoms with E-state index in [0.717, 1.165) is 55.7 Å². The number of guanidine groups is 1. The van der Waals surface area contributed by atoms with Gasteiger partial charge in [-0.15, -0.1) is 0 Å². The highest BCUT2D eigenvalue weighted by Gasteiger charge is 2.14. The molecular formula is C24H38N6O. The molecule has 0 aliphatic carbocycles. The first-order valence-electron chi connectivity index (χ1n) is 11.9. The Hall–Kier alpha value is -2.57. The molecule has 7 nitrogen and oxygen atoms in total. The number of hydrogen-bond acceptors (Lipinski definition) is 5. The average Bonchev–Trinajstić information content (AvgIpc) is 3.09. The summed E-state index contributed by atoms with van der Waals surface area (Å²) in [4.78, 5) is 11.8. The van der Waals surface area contributed by atoms with E-state index in [1.54, 1.807) is 0 Å². The van der Waals surface area contributed by atoms with Gasteiger partial charge in [0.1, 0.15) is 5.82 Å². The lowest BCUT2D eigenvalue weighted by Crippen LogP contribution is -2.36. The van der Waals surface area contributed by atoms with E-state index in [-0.39, 0.29) is 0 Å². The van der Waals surface area contributed by atoms with Crippen LogP contribution in [0.5, 0.6) is 0 Å². The SMILES string of the molecule is CCNC(=NCc1ccnc(N2CCCCCC2)c1)NCc1cc(C(CC)CC)no1. The molecule has 0 spiro atoms. The lowest BCUT2D eigenvalue weighted by atomic mass is 9.99. The second-order valence-corrected chi connectivity index (χ2v) is 8.20. The van der Waals surface area contributed by atoms with Gasteiger partial charge in [0, 0.05) is 37.8 Å². The zero-order chi connectivity index (χ0) is 21.9. The molecule has 0 unspecified atom stereocenters. The van der Waals surface area contributed by atoms with E-state index < -0.39 is 0 Å². The minimum atomic E-state index is 0.462. The molecule has 2 N–H and O–H groups in total. The Balaban J connectivity index is 1.60. The molecule has 2 aromatic heterocycles. The minimum absolute atomic E-state index is 0.462. The van der Waals surface area contributed by atoms with Crippen LogP contribution in [0.2, 0.25) is 0 Å². The van der Waals surface area contributed by atoms with Crippen molar-refractivity contribution >= 4 is 11.8 Å². The highest BCUT2D eigenvalue weighted by molar-refractivity contribution is 5.79. The van der Waals surface area contributed by atoms with Crippen LogP contribution in [0.4, 0.5) is 5.82 Å². The van der Waals surface area contributed by atoms with E-state index in [1.165, 1.54) is 31.2 Å². The normalized spacial score (nSPS) is 15.2. The first-order chi connectivity index (χ1) is 15.2. The lowest BCUT2D eigenvalue weighted by Gasteiger charge is -2.21. The Kier molecular flexibility index (Phi) is 9.18. The smallest absolute Gasteiger partial charge is 0.191 e. The highest BCUT2D eigenvalue weighted by Crippen LogP contribution is 2.22. The van der Waals surface area contributed by atoms with Crippen molar-refractivity contribution in [2.24, 2.45) is 4.99 Å². The third kappa shape index (κ3) is 6.97. The molecule has 0 amide bonds. The molecule has 1 aliphatic heterocycles. The molecule has 2 aromatic rings. The second kappa shape index (κ2) is 12.3. The summed E-state index contributed by atoms with van der Waals surface area (Å²) in [5.74, 6) is 3.14. The Labute approximate surface area is 186 Å². The van der Waals surface area contributed by atoms with Crippen LogP contribution in [0.1, 0.15) is 82.2 Å². The fraction of sp³-hybridized carbons (Fsp3) is 0.625. The minimum Gasteiger partial charge on any atom is -0.359 e. The van der Waals surface area contributed by atoms with Crippen LogP contribution in [0.25, 0.3) is 0 Å². The predicted molar refractivity (Wildman–Crippen MR) is 126 cm³/mol. The summed E-state index contributed by atoms with van der Waals surface area (Å²) in [5.41, 5.74) is 2.21. The lowest BCUT2D eigenvalue weighted by molar-refractivity contribution is 0.368.